The van der Waals surface area contributed by atoms with Gasteiger partial charge in [-0.2, -0.15) is 0 Å². The van der Waals surface area contributed by atoms with Crippen molar-refractivity contribution in [3.8, 4) is 28.6 Å². The summed E-state index contributed by atoms with van der Waals surface area (Å²) in [6.07, 6.45) is -5.46. The topological polar surface area (TPSA) is 142 Å². The van der Waals surface area contributed by atoms with E-state index in [2.05, 4.69) is 0 Å². The maximum atomic E-state index is 10.3. The Balaban J connectivity index is 1.45. The molecule has 2 aliphatic heterocycles. The average Bonchev–Trinajstić information content (AvgIpc) is 3.16. The van der Waals surface area contributed by atoms with Crippen LogP contribution in [0.25, 0.3) is 22.3 Å². The molecule has 5 rings (SSSR count). The van der Waals surface area contributed by atoms with Gasteiger partial charge in [-0.05, 0) is 43.7 Å². The Kier molecular flexibility index (Phi) is 5.26. The van der Waals surface area contributed by atoms with Crippen LogP contribution >= 0.6 is 0 Å². The lowest BCUT2D eigenvalue weighted by molar-refractivity contribution is -0.242. The number of ether oxygens (including phenoxy) is 3. The van der Waals surface area contributed by atoms with Crippen molar-refractivity contribution in [1.82, 2.24) is 0 Å². The summed E-state index contributed by atoms with van der Waals surface area (Å²) in [6.45, 7) is 3.47. The second-order valence-corrected chi connectivity index (χ2v) is 9.12. The minimum atomic E-state index is -1.46. The molecule has 1 fully saturated rings. The van der Waals surface area contributed by atoms with Crippen LogP contribution in [0.3, 0.4) is 0 Å². The minimum absolute atomic E-state index is 0.0960. The van der Waals surface area contributed by atoms with Crippen molar-refractivity contribution in [2.75, 3.05) is 6.61 Å². The first-order valence-electron chi connectivity index (χ1n) is 10.7. The van der Waals surface area contributed by atoms with Crippen LogP contribution in [0.1, 0.15) is 19.4 Å². The number of aliphatic hydroxyl groups excluding tert-OH is 4. The first-order chi connectivity index (χ1) is 15.6. The predicted molar refractivity (Wildman–Crippen MR) is 116 cm³/mol. The Morgan fingerprint density at radius 1 is 0.970 bits per heavy atom. The van der Waals surface area contributed by atoms with E-state index >= 15 is 0 Å². The van der Waals surface area contributed by atoms with E-state index in [1.165, 1.54) is 12.1 Å². The maximum absolute atomic E-state index is 10.3. The lowest BCUT2D eigenvalue weighted by Crippen LogP contribution is -2.54. The zero-order valence-electron chi connectivity index (χ0n) is 18.1. The molecular formula is C24H26O9. The van der Waals surface area contributed by atoms with Crippen molar-refractivity contribution in [3.63, 3.8) is 0 Å². The molecule has 2 aliphatic rings. The van der Waals surface area contributed by atoms with Crippen LogP contribution in [0, 0.1) is 0 Å². The number of fused-ring (bicyclic) bond motifs is 2. The van der Waals surface area contributed by atoms with Crippen LogP contribution < -0.4 is 9.47 Å². The summed E-state index contributed by atoms with van der Waals surface area (Å²) >= 11 is 0. The molecule has 3 heterocycles. The Hall–Kier alpha value is -2.82. The van der Waals surface area contributed by atoms with E-state index in [0.29, 0.717) is 29.1 Å². The highest BCUT2D eigenvalue weighted by Crippen LogP contribution is 2.39. The number of phenolic OH excluding ortho intramolecular Hbond substituents is 1. The van der Waals surface area contributed by atoms with E-state index in [9.17, 15) is 25.5 Å². The molecule has 0 saturated carbocycles. The van der Waals surface area contributed by atoms with Gasteiger partial charge in [0.2, 0.25) is 6.29 Å². The van der Waals surface area contributed by atoms with Gasteiger partial charge in [0.05, 0.1) is 12.7 Å². The van der Waals surface area contributed by atoms with Gasteiger partial charge in [0, 0.05) is 29.5 Å². The molecule has 0 aliphatic carbocycles. The second-order valence-electron chi connectivity index (χ2n) is 9.12. The summed E-state index contributed by atoms with van der Waals surface area (Å²) < 4.78 is 22.9. The highest BCUT2D eigenvalue weighted by Gasteiger charge is 2.39. The van der Waals surface area contributed by atoms with Crippen molar-refractivity contribution >= 4 is 11.0 Å². The SMILES string of the molecule is CC1(C)Oc2cc3oc(-c4cc(O)cc(O[C@@H]5OC[C@@H](O)[C@@H](O)[C@H]5O)c4)cc3cc2C[C@H]1O. The van der Waals surface area contributed by atoms with Crippen LogP contribution in [0.5, 0.6) is 17.2 Å². The average molecular weight is 458 g/mol. The number of hydrogen-bond acceptors (Lipinski definition) is 9. The summed E-state index contributed by atoms with van der Waals surface area (Å²) in [7, 11) is 0. The van der Waals surface area contributed by atoms with Gasteiger partial charge in [0.25, 0.3) is 0 Å². The van der Waals surface area contributed by atoms with Crippen molar-refractivity contribution in [2.45, 2.75) is 56.6 Å². The number of benzene rings is 2. The van der Waals surface area contributed by atoms with Gasteiger partial charge in [0.1, 0.15) is 52.5 Å². The van der Waals surface area contributed by atoms with E-state index in [4.69, 9.17) is 18.6 Å². The molecule has 9 nitrogen and oxygen atoms in total. The molecule has 0 unspecified atom stereocenters. The molecule has 33 heavy (non-hydrogen) atoms. The molecule has 5 atom stereocenters. The maximum Gasteiger partial charge on any atom is 0.228 e. The standard InChI is InChI=1S/C24H26O9/c1-24(2)20(27)7-12-3-11-6-17(32-18(11)9-19(12)33-24)13-4-14(25)8-15(5-13)31-23-22(29)21(28)16(26)10-30-23/h3-6,8-9,16,20-23,25-29H,7,10H2,1-2H3/t16-,20-,21-,22-,23+/m1/s1. The highest BCUT2D eigenvalue weighted by molar-refractivity contribution is 5.85. The first-order valence-corrected chi connectivity index (χ1v) is 10.7. The van der Waals surface area contributed by atoms with Gasteiger partial charge in [0.15, 0.2) is 0 Å². The van der Waals surface area contributed by atoms with Gasteiger partial charge in [-0.3, -0.25) is 0 Å². The summed E-state index contributed by atoms with van der Waals surface area (Å²) in [4.78, 5) is 0. The molecule has 0 spiro atoms. The number of hydrogen-bond donors (Lipinski definition) is 5. The molecule has 0 radical (unpaired) electrons. The molecule has 3 aromatic rings. The lowest BCUT2D eigenvalue weighted by atomic mass is 9.90. The molecule has 176 valence electrons. The van der Waals surface area contributed by atoms with Gasteiger partial charge in [-0.25, -0.2) is 0 Å². The van der Waals surface area contributed by atoms with Crippen molar-refractivity contribution in [3.05, 3.63) is 42.0 Å². The zero-order chi connectivity index (χ0) is 23.5. The fraction of sp³-hybridized carbons (Fsp3) is 0.417. The number of rotatable bonds is 3. The van der Waals surface area contributed by atoms with Crippen LogP contribution in [-0.4, -0.2) is 68.4 Å². The first kappa shape index (κ1) is 22.0. The molecule has 0 bridgehead atoms. The molecular weight excluding hydrogens is 432 g/mol. The van der Waals surface area contributed by atoms with E-state index in [1.807, 2.05) is 26.0 Å². The van der Waals surface area contributed by atoms with Crippen LogP contribution in [0.15, 0.2) is 40.8 Å². The van der Waals surface area contributed by atoms with Gasteiger partial charge >= 0.3 is 0 Å². The predicted octanol–water partition coefficient (Wildman–Crippen LogP) is 1.70. The summed E-state index contributed by atoms with van der Waals surface area (Å²) in [5.74, 6) is 1.21. The van der Waals surface area contributed by atoms with Gasteiger partial charge < -0.3 is 44.2 Å². The Morgan fingerprint density at radius 2 is 1.76 bits per heavy atom. The molecule has 5 N–H and O–H groups in total. The number of phenols is 1. The molecule has 2 aromatic carbocycles. The summed E-state index contributed by atoms with van der Waals surface area (Å²) in [6, 6.07) is 9.97. The summed E-state index contributed by atoms with van der Waals surface area (Å²) in [5.41, 5.74) is 1.28. The van der Waals surface area contributed by atoms with E-state index in [0.717, 1.165) is 10.9 Å². The number of aromatic hydroxyl groups is 1. The Bertz CT molecular complexity index is 1180. The van der Waals surface area contributed by atoms with Crippen LogP contribution in [0.2, 0.25) is 0 Å². The molecule has 1 aromatic heterocycles. The smallest absolute Gasteiger partial charge is 0.228 e. The number of aliphatic hydroxyl groups is 4. The van der Waals surface area contributed by atoms with Crippen LogP contribution in [-0.2, 0) is 11.2 Å². The highest BCUT2D eigenvalue weighted by atomic mass is 16.7. The third kappa shape index (κ3) is 4.03. The monoisotopic (exact) mass is 458 g/mol. The van der Waals surface area contributed by atoms with Crippen molar-refractivity contribution in [2.24, 2.45) is 0 Å². The summed E-state index contributed by atoms with van der Waals surface area (Å²) in [5, 5.41) is 50.9. The quantitative estimate of drug-likeness (QED) is 0.396. The number of furan rings is 1. The van der Waals surface area contributed by atoms with E-state index in [1.54, 1.807) is 12.1 Å². The zero-order valence-corrected chi connectivity index (χ0v) is 18.1. The second kappa shape index (κ2) is 7.89. The van der Waals surface area contributed by atoms with Gasteiger partial charge in [-0.1, -0.05) is 0 Å². The Labute approximate surface area is 189 Å². The van der Waals surface area contributed by atoms with Crippen LogP contribution in [0.4, 0.5) is 0 Å². The molecule has 9 heteroatoms. The molecule has 1 saturated heterocycles. The third-order valence-corrected chi connectivity index (χ3v) is 6.17. The van der Waals surface area contributed by atoms with Crippen molar-refractivity contribution in [1.29, 1.82) is 0 Å². The Morgan fingerprint density at radius 3 is 2.55 bits per heavy atom. The largest absolute Gasteiger partial charge is 0.508 e. The lowest BCUT2D eigenvalue weighted by Gasteiger charge is -2.36. The minimum Gasteiger partial charge on any atom is -0.508 e. The van der Waals surface area contributed by atoms with Crippen molar-refractivity contribution < 1.29 is 44.2 Å². The van der Waals surface area contributed by atoms with Gasteiger partial charge in [-0.15, -0.1) is 0 Å². The fourth-order valence-electron chi connectivity index (χ4n) is 4.13. The van der Waals surface area contributed by atoms with E-state index in [-0.39, 0.29) is 18.1 Å². The fourth-order valence-corrected chi connectivity index (χ4v) is 4.13. The molecule has 0 amide bonds. The third-order valence-electron chi connectivity index (χ3n) is 6.17. The normalized spacial score (nSPS) is 28.8. The van der Waals surface area contributed by atoms with E-state index < -0.39 is 36.3 Å².